The average molecular weight is 679 g/mol. The van der Waals surface area contributed by atoms with Crippen LogP contribution in [0.15, 0.2) is 48.8 Å². The topological polar surface area (TPSA) is 182 Å². The third kappa shape index (κ3) is 7.02. The van der Waals surface area contributed by atoms with Gasteiger partial charge in [0.25, 0.3) is 5.85 Å². The molecule has 2 aromatic carbocycles. The third-order valence-electron chi connectivity index (χ3n) is 7.34. The van der Waals surface area contributed by atoms with Crippen LogP contribution < -0.4 is 20.1 Å². The normalized spacial score (nSPS) is 24.8. The molecule has 0 bridgehead atoms. The molecule has 0 amide bonds. The summed E-state index contributed by atoms with van der Waals surface area (Å²) in [6, 6.07) is 10.7. The number of alkyl halides is 2. The molecule has 17 heteroatoms. The molecule has 5 rings (SSSR count). The fourth-order valence-corrected chi connectivity index (χ4v) is 6.53. The van der Waals surface area contributed by atoms with E-state index in [1.165, 1.54) is 13.0 Å². The SMILES string of the molecule is CCOc1nc(N)nc2c1ncn2[C@@H]1O[C@](F)(COP(=O)(NC(C)C(=O)OCC(C)C)Oc2cccc3ccccc23)[C@@H](O)[C@@]1(C)F. The summed E-state index contributed by atoms with van der Waals surface area (Å²) in [7, 11) is -4.68. The summed E-state index contributed by atoms with van der Waals surface area (Å²) in [4.78, 5) is 24.9. The van der Waals surface area contributed by atoms with Crippen LogP contribution in [-0.4, -0.2) is 74.1 Å². The number of carbonyl (C=O) groups excluding carboxylic acids is 1. The van der Waals surface area contributed by atoms with Crippen LogP contribution in [0.1, 0.15) is 40.8 Å². The minimum absolute atomic E-state index is 0.0151. The van der Waals surface area contributed by atoms with Crippen molar-refractivity contribution in [3.8, 4) is 11.6 Å². The highest BCUT2D eigenvalue weighted by Gasteiger charge is 2.65. The molecule has 1 fully saturated rings. The van der Waals surface area contributed by atoms with Crippen molar-refractivity contribution < 1.29 is 46.5 Å². The lowest BCUT2D eigenvalue weighted by Crippen LogP contribution is -2.47. The van der Waals surface area contributed by atoms with E-state index in [4.69, 9.17) is 29.0 Å². The van der Waals surface area contributed by atoms with Crippen LogP contribution in [0.3, 0.4) is 0 Å². The predicted octanol–water partition coefficient (Wildman–Crippen LogP) is 4.63. The molecule has 4 aromatic rings. The minimum atomic E-state index is -4.68. The third-order valence-corrected chi connectivity index (χ3v) is 8.95. The molecule has 2 aromatic heterocycles. The van der Waals surface area contributed by atoms with Gasteiger partial charge in [-0.1, -0.05) is 50.2 Å². The van der Waals surface area contributed by atoms with Gasteiger partial charge in [0, 0.05) is 5.39 Å². The van der Waals surface area contributed by atoms with Gasteiger partial charge in [-0.15, -0.1) is 0 Å². The number of nitrogens with zero attached hydrogens (tertiary/aromatic N) is 4. The molecule has 254 valence electrons. The van der Waals surface area contributed by atoms with Crippen molar-refractivity contribution in [3.63, 3.8) is 0 Å². The van der Waals surface area contributed by atoms with E-state index in [2.05, 4.69) is 20.0 Å². The van der Waals surface area contributed by atoms with Crippen LogP contribution in [0.2, 0.25) is 0 Å². The van der Waals surface area contributed by atoms with Crippen molar-refractivity contribution in [2.24, 2.45) is 5.92 Å². The number of nitrogens with two attached hydrogens (primary N) is 1. The Morgan fingerprint density at radius 3 is 2.64 bits per heavy atom. The van der Waals surface area contributed by atoms with E-state index in [1.807, 2.05) is 13.8 Å². The van der Waals surface area contributed by atoms with Gasteiger partial charge in [-0.3, -0.25) is 13.9 Å². The van der Waals surface area contributed by atoms with Crippen molar-refractivity contribution in [1.82, 2.24) is 24.6 Å². The van der Waals surface area contributed by atoms with Crippen molar-refractivity contribution in [1.29, 1.82) is 0 Å². The lowest BCUT2D eigenvalue weighted by Gasteiger charge is -2.28. The number of halogens is 2. The van der Waals surface area contributed by atoms with Crippen LogP contribution in [0.4, 0.5) is 14.7 Å². The Bertz CT molecular complexity index is 1800. The molecule has 3 heterocycles. The molecule has 1 aliphatic heterocycles. The standard InChI is InChI=1S/C30H37F2N6O8P/c1-6-42-24-22-23(35-28(33)36-24)38(16-34-22)27-29(5,31)26(40)30(32,45-27)15-44-47(41,37-18(4)25(39)43-14-17(2)3)46-21-13-9-11-19-10-7-8-12-20(19)21/h7-13,16-18,26-27,40H,6,14-15H2,1-5H3,(H,37,41)(H2,33,35,36)/t18?,26-,27+,29+,30+,47?/m0/s1. The molecular weight excluding hydrogens is 641 g/mol. The number of anilines is 1. The molecule has 0 spiro atoms. The van der Waals surface area contributed by atoms with Gasteiger partial charge in [0.15, 0.2) is 29.2 Å². The predicted molar refractivity (Wildman–Crippen MR) is 167 cm³/mol. The Labute approximate surface area is 269 Å². The summed E-state index contributed by atoms with van der Waals surface area (Å²) in [6.45, 7) is 6.69. The van der Waals surface area contributed by atoms with Crippen molar-refractivity contribution in [2.75, 3.05) is 25.6 Å². The summed E-state index contributed by atoms with van der Waals surface area (Å²) < 4.78 is 75.5. The number of aliphatic hydroxyl groups excluding tert-OH is 1. The minimum Gasteiger partial charge on any atom is -0.476 e. The second-order valence-electron chi connectivity index (χ2n) is 11.7. The summed E-state index contributed by atoms with van der Waals surface area (Å²) in [5, 5.41) is 14.7. The largest absolute Gasteiger partial charge is 0.476 e. The number of benzene rings is 2. The van der Waals surface area contributed by atoms with Crippen LogP contribution >= 0.6 is 7.75 Å². The number of esters is 1. The molecule has 6 atom stereocenters. The number of hydrogen-bond donors (Lipinski definition) is 3. The maximum absolute atomic E-state index is 16.5. The molecule has 1 aliphatic rings. The Kier molecular flexibility index (Phi) is 9.71. The number of nitrogen functional groups attached to an aromatic ring is 1. The van der Waals surface area contributed by atoms with Gasteiger partial charge in [-0.2, -0.15) is 15.1 Å². The second-order valence-corrected chi connectivity index (χ2v) is 13.4. The molecule has 2 unspecified atom stereocenters. The van der Waals surface area contributed by atoms with Gasteiger partial charge in [0.1, 0.15) is 18.4 Å². The maximum atomic E-state index is 16.5. The first-order chi connectivity index (χ1) is 22.2. The van der Waals surface area contributed by atoms with Gasteiger partial charge in [0.05, 0.1) is 19.5 Å². The maximum Gasteiger partial charge on any atom is 0.459 e. The summed E-state index contributed by atoms with van der Waals surface area (Å²) in [5.74, 6) is -4.16. The first kappa shape index (κ1) is 34.4. The van der Waals surface area contributed by atoms with Crippen molar-refractivity contribution >= 4 is 41.6 Å². The Balaban J connectivity index is 1.44. The first-order valence-corrected chi connectivity index (χ1v) is 16.4. The van der Waals surface area contributed by atoms with Crippen LogP contribution in [0.5, 0.6) is 11.6 Å². The van der Waals surface area contributed by atoms with Crippen molar-refractivity contribution in [2.45, 2.75) is 64.5 Å². The zero-order chi connectivity index (χ0) is 34.1. The molecule has 47 heavy (non-hydrogen) atoms. The Morgan fingerprint density at radius 1 is 1.19 bits per heavy atom. The van der Waals surface area contributed by atoms with E-state index in [-0.39, 0.29) is 47.9 Å². The van der Waals surface area contributed by atoms with E-state index < -0.39 is 50.2 Å². The number of nitrogens with one attached hydrogen (secondary N) is 1. The van der Waals surface area contributed by atoms with E-state index in [1.54, 1.807) is 43.3 Å². The van der Waals surface area contributed by atoms with Crippen LogP contribution in [-0.2, 0) is 23.4 Å². The number of aromatic nitrogens is 4. The molecule has 1 saturated heterocycles. The van der Waals surface area contributed by atoms with E-state index in [0.29, 0.717) is 5.39 Å². The van der Waals surface area contributed by atoms with E-state index in [9.17, 15) is 14.5 Å². The number of ether oxygens (including phenoxy) is 3. The second kappa shape index (κ2) is 13.3. The number of rotatable bonds is 13. The molecule has 0 saturated carbocycles. The smallest absolute Gasteiger partial charge is 0.459 e. The highest BCUT2D eigenvalue weighted by atomic mass is 31.2. The highest BCUT2D eigenvalue weighted by Crippen LogP contribution is 2.52. The molecule has 0 radical (unpaired) electrons. The quantitative estimate of drug-likeness (QED) is 0.132. The van der Waals surface area contributed by atoms with Gasteiger partial charge in [-0.25, -0.2) is 18.3 Å². The van der Waals surface area contributed by atoms with E-state index in [0.717, 1.165) is 23.2 Å². The van der Waals surface area contributed by atoms with Gasteiger partial charge in [-0.05, 0) is 38.1 Å². The number of aliphatic hydroxyl groups is 1. The molecular formula is C30H37F2N6O8P. The zero-order valence-electron chi connectivity index (χ0n) is 26.4. The monoisotopic (exact) mass is 678 g/mol. The number of hydrogen-bond acceptors (Lipinski definition) is 12. The number of imidazole rings is 1. The fraction of sp³-hybridized carbons (Fsp3) is 0.467. The molecule has 0 aliphatic carbocycles. The Morgan fingerprint density at radius 2 is 1.91 bits per heavy atom. The lowest BCUT2D eigenvalue weighted by molar-refractivity contribution is -0.202. The molecule has 4 N–H and O–H groups in total. The first-order valence-electron chi connectivity index (χ1n) is 14.9. The lowest BCUT2D eigenvalue weighted by atomic mass is 9.97. The van der Waals surface area contributed by atoms with Crippen molar-refractivity contribution in [3.05, 3.63) is 48.8 Å². The summed E-state index contributed by atoms with van der Waals surface area (Å²) >= 11 is 0. The number of fused-ring (bicyclic) bond motifs is 2. The summed E-state index contributed by atoms with van der Waals surface area (Å²) in [6.07, 6.45) is -3.21. The van der Waals surface area contributed by atoms with Crippen LogP contribution in [0.25, 0.3) is 21.9 Å². The van der Waals surface area contributed by atoms with Gasteiger partial charge < -0.3 is 29.6 Å². The number of carbonyl (C=O) groups is 1. The van der Waals surface area contributed by atoms with E-state index >= 15 is 8.78 Å². The van der Waals surface area contributed by atoms with Crippen LogP contribution in [0, 0.1) is 5.92 Å². The van der Waals surface area contributed by atoms with Gasteiger partial charge >= 0.3 is 13.7 Å². The average Bonchev–Trinajstić information content (AvgIpc) is 3.51. The zero-order valence-corrected chi connectivity index (χ0v) is 27.3. The molecule has 14 nitrogen and oxygen atoms in total. The van der Waals surface area contributed by atoms with Gasteiger partial charge in [0.2, 0.25) is 11.8 Å². The Hall–Kier alpha value is -3.95. The fourth-order valence-electron chi connectivity index (χ4n) is 5.01. The highest BCUT2D eigenvalue weighted by molar-refractivity contribution is 7.52. The summed E-state index contributed by atoms with van der Waals surface area (Å²) in [5.41, 5.74) is 3.05.